The maximum absolute atomic E-state index is 12.9. The van der Waals surface area contributed by atoms with Crippen LogP contribution in [0.4, 0.5) is 0 Å². The number of unbranched alkanes of at least 4 members (excludes halogenated alkanes) is 27. The standard InChI is InChI=1S/C69H116O6/c1-4-7-10-13-16-19-22-25-28-30-32-34-36-38-41-44-47-50-53-56-59-62-68(71)74-65-66(64-73-67(70)61-58-55-52-49-46-43-40-27-24-21-18-15-12-9-6-3)75-69(72)63-60-57-54-51-48-45-42-39-37-35-33-31-29-26-23-20-17-14-11-8-5-2/h7,10,16,19,23,25-26,28,31-34,37-39,41,47,50,66H,4-6,8-9,11-15,17-18,20-22,24,27,29-30,35-36,40,42-46,48-49,51-65H2,1-3H3/b10-7-,19-16-,26-23-,28-25-,33-31-,34-32-,39-37-,41-38-,50-47-. The Kier molecular flexibility index (Phi) is 59.3. The number of ether oxygens (including phenoxy) is 3. The molecule has 75 heavy (non-hydrogen) atoms. The minimum Gasteiger partial charge on any atom is -0.462 e. The molecule has 0 heterocycles. The van der Waals surface area contributed by atoms with E-state index in [4.69, 9.17) is 14.2 Å². The predicted octanol–water partition coefficient (Wildman–Crippen LogP) is 21.4. The molecule has 6 nitrogen and oxygen atoms in total. The van der Waals surface area contributed by atoms with E-state index >= 15 is 0 Å². The van der Waals surface area contributed by atoms with Crippen LogP contribution in [0, 0.1) is 0 Å². The Morgan fingerprint density at radius 3 is 0.840 bits per heavy atom. The zero-order valence-electron chi connectivity index (χ0n) is 49.0. The summed E-state index contributed by atoms with van der Waals surface area (Å²) in [5.74, 6) is -0.947. The highest BCUT2D eigenvalue weighted by Gasteiger charge is 2.19. The zero-order valence-corrected chi connectivity index (χ0v) is 49.0. The number of carbonyl (C=O) groups excluding carboxylic acids is 3. The molecule has 0 amide bonds. The van der Waals surface area contributed by atoms with Crippen molar-refractivity contribution in [2.45, 2.75) is 297 Å². The Hall–Kier alpha value is -3.93. The van der Waals surface area contributed by atoms with Gasteiger partial charge in [-0.25, -0.2) is 0 Å². The van der Waals surface area contributed by atoms with E-state index in [2.05, 4.69) is 130 Å². The van der Waals surface area contributed by atoms with Gasteiger partial charge in [0.05, 0.1) is 0 Å². The number of hydrogen-bond acceptors (Lipinski definition) is 6. The lowest BCUT2D eigenvalue weighted by molar-refractivity contribution is -0.167. The highest BCUT2D eigenvalue weighted by molar-refractivity contribution is 5.71. The van der Waals surface area contributed by atoms with E-state index in [-0.39, 0.29) is 31.1 Å². The van der Waals surface area contributed by atoms with E-state index in [1.807, 2.05) is 0 Å². The van der Waals surface area contributed by atoms with Crippen molar-refractivity contribution in [3.63, 3.8) is 0 Å². The number of carbonyl (C=O) groups is 3. The molecule has 0 bridgehead atoms. The molecule has 0 aliphatic heterocycles. The van der Waals surface area contributed by atoms with Gasteiger partial charge in [0.15, 0.2) is 6.10 Å². The summed E-state index contributed by atoms with van der Waals surface area (Å²) in [5.41, 5.74) is 0. The van der Waals surface area contributed by atoms with Gasteiger partial charge < -0.3 is 14.2 Å². The number of allylic oxidation sites excluding steroid dienone is 18. The number of esters is 3. The van der Waals surface area contributed by atoms with Crippen molar-refractivity contribution in [1.29, 1.82) is 0 Å². The molecule has 428 valence electrons. The monoisotopic (exact) mass is 1040 g/mol. The molecule has 0 fully saturated rings. The molecule has 0 rings (SSSR count). The largest absolute Gasteiger partial charge is 0.462 e. The first-order valence-electron chi connectivity index (χ1n) is 31.4. The average molecular weight is 1040 g/mol. The molecule has 0 spiro atoms. The second-order valence-corrected chi connectivity index (χ2v) is 20.6. The lowest BCUT2D eigenvalue weighted by Gasteiger charge is -2.18. The molecule has 0 aliphatic carbocycles. The third-order valence-corrected chi connectivity index (χ3v) is 13.3. The Labute approximate surface area is 463 Å². The summed E-state index contributed by atoms with van der Waals surface area (Å²) in [6, 6.07) is 0. The molecule has 0 N–H and O–H groups in total. The summed E-state index contributed by atoms with van der Waals surface area (Å²) in [7, 11) is 0. The van der Waals surface area contributed by atoms with Crippen molar-refractivity contribution >= 4 is 17.9 Å². The molecule has 0 aromatic heterocycles. The summed E-state index contributed by atoms with van der Waals surface area (Å²) in [6.45, 7) is 6.49. The van der Waals surface area contributed by atoms with Gasteiger partial charge in [-0.2, -0.15) is 0 Å². The highest BCUT2D eigenvalue weighted by Crippen LogP contribution is 2.16. The summed E-state index contributed by atoms with van der Waals surface area (Å²) in [4.78, 5) is 38.3. The highest BCUT2D eigenvalue weighted by atomic mass is 16.6. The first kappa shape index (κ1) is 71.1. The minimum absolute atomic E-state index is 0.0966. The minimum atomic E-state index is -0.805. The molecule has 0 saturated heterocycles. The Morgan fingerprint density at radius 2 is 0.520 bits per heavy atom. The van der Waals surface area contributed by atoms with Crippen LogP contribution in [0.5, 0.6) is 0 Å². The fourth-order valence-corrected chi connectivity index (χ4v) is 8.57. The lowest BCUT2D eigenvalue weighted by Crippen LogP contribution is -2.30. The van der Waals surface area contributed by atoms with Crippen LogP contribution in [-0.2, 0) is 28.6 Å². The van der Waals surface area contributed by atoms with Crippen LogP contribution in [-0.4, -0.2) is 37.2 Å². The van der Waals surface area contributed by atoms with Gasteiger partial charge in [-0.3, -0.25) is 14.4 Å². The van der Waals surface area contributed by atoms with Crippen molar-refractivity contribution in [3.05, 3.63) is 109 Å². The van der Waals surface area contributed by atoms with Crippen molar-refractivity contribution < 1.29 is 28.6 Å². The zero-order chi connectivity index (χ0) is 54.3. The van der Waals surface area contributed by atoms with Crippen LogP contribution in [0.15, 0.2) is 109 Å². The summed E-state index contributed by atoms with van der Waals surface area (Å²) in [6.07, 6.45) is 85.1. The van der Waals surface area contributed by atoms with Crippen molar-refractivity contribution in [2.24, 2.45) is 0 Å². The first-order valence-corrected chi connectivity index (χ1v) is 31.4. The van der Waals surface area contributed by atoms with Gasteiger partial charge in [-0.1, -0.05) is 271 Å². The Morgan fingerprint density at radius 1 is 0.280 bits per heavy atom. The van der Waals surface area contributed by atoms with Gasteiger partial charge >= 0.3 is 17.9 Å². The molecule has 1 unspecified atom stereocenters. The van der Waals surface area contributed by atoms with Crippen molar-refractivity contribution in [2.75, 3.05) is 13.2 Å². The summed E-state index contributed by atoms with van der Waals surface area (Å²) >= 11 is 0. The molecule has 0 saturated carbocycles. The van der Waals surface area contributed by atoms with E-state index in [0.29, 0.717) is 19.3 Å². The van der Waals surface area contributed by atoms with Crippen LogP contribution >= 0.6 is 0 Å². The maximum atomic E-state index is 12.9. The van der Waals surface area contributed by atoms with Gasteiger partial charge in [0.1, 0.15) is 13.2 Å². The first-order chi connectivity index (χ1) is 37.0. The van der Waals surface area contributed by atoms with Gasteiger partial charge in [0.25, 0.3) is 0 Å². The van der Waals surface area contributed by atoms with E-state index in [0.717, 1.165) is 122 Å². The molecule has 1 atom stereocenters. The smallest absolute Gasteiger partial charge is 0.306 e. The SMILES string of the molecule is CC/C=C\C/C=C\C/C=C\C/C=C\C/C=C\C/C=C\CCCCC(=O)OCC(COC(=O)CCCCCCCCCCCCCCCCC)OC(=O)CCCCCCCC/C=C\C/C=C\C/C=C\CCCCCCC. The number of rotatable bonds is 56. The van der Waals surface area contributed by atoms with Crippen molar-refractivity contribution in [3.8, 4) is 0 Å². The normalized spacial score (nSPS) is 12.8. The van der Waals surface area contributed by atoms with Gasteiger partial charge in [0, 0.05) is 19.3 Å². The summed E-state index contributed by atoms with van der Waals surface area (Å²) < 4.78 is 16.9. The fourth-order valence-electron chi connectivity index (χ4n) is 8.57. The van der Waals surface area contributed by atoms with Gasteiger partial charge in [-0.15, -0.1) is 0 Å². The molecule has 0 radical (unpaired) electrons. The summed E-state index contributed by atoms with van der Waals surface area (Å²) in [5, 5.41) is 0. The maximum Gasteiger partial charge on any atom is 0.306 e. The third kappa shape index (κ3) is 60.8. The fraction of sp³-hybridized carbons (Fsp3) is 0.696. The molecular weight excluding hydrogens is 925 g/mol. The average Bonchev–Trinajstić information content (AvgIpc) is 3.41. The van der Waals surface area contributed by atoms with Gasteiger partial charge in [0.2, 0.25) is 0 Å². The van der Waals surface area contributed by atoms with E-state index in [1.165, 1.54) is 128 Å². The van der Waals surface area contributed by atoms with E-state index < -0.39 is 6.10 Å². The van der Waals surface area contributed by atoms with Crippen LogP contribution in [0.25, 0.3) is 0 Å². The molecule has 0 aromatic carbocycles. The number of hydrogen-bond donors (Lipinski definition) is 0. The topological polar surface area (TPSA) is 78.9 Å². The third-order valence-electron chi connectivity index (χ3n) is 13.3. The predicted molar refractivity (Wildman–Crippen MR) is 325 cm³/mol. The van der Waals surface area contributed by atoms with E-state index in [1.54, 1.807) is 0 Å². The Bertz CT molecular complexity index is 1520. The van der Waals surface area contributed by atoms with Crippen LogP contribution in [0.3, 0.4) is 0 Å². The molecule has 0 aliphatic rings. The second kappa shape index (κ2) is 62.6. The van der Waals surface area contributed by atoms with E-state index in [9.17, 15) is 14.4 Å². The molecular formula is C69H116O6. The Balaban J connectivity index is 4.49. The molecule has 0 aromatic rings. The van der Waals surface area contributed by atoms with Crippen LogP contribution < -0.4 is 0 Å². The van der Waals surface area contributed by atoms with Crippen LogP contribution in [0.1, 0.15) is 290 Å². The van der Waals surface area contributed by atoms with Crippen molar-refractivity contribution in [1.82, 2.24) is 0 Å². The van der Waals surface area contributed by atoms with Crippen LogP contribution in [0.2, 0.25) is 0 Å². The van der Waals surface area contributed by atoms with Gasteiger partial charge in [-0.05, 0) is 109 Å². The quantitative estimate of drug-likeness (QED) is 0.0261. The second-order valence-electron chi connectivity index (χ2n) is 20.6. The lowest BCUT2D eigenvalue weighted by atomic mass is 10.0. The molecule has 6 heteroatoms.